The molecule has 0 amide bonds. The lowest BCUT2D eigenvalue weighted by molar-refractivity contribution is 0.0680. The predicted molar refractivity (Wildman–Crippen MR) is 89.5 cm³/mol. The number of hydrogen-bond acceptors (Lipinski definition) is 7. The molecule has 124 valence electrons. The minimum atomic E-state index is 0.629. The van der Waals surface area contributed by atoms with Crippen LogP contribution in [0.15, 0.2) is 33.8 Å². The van der Waals surface area contributed by atoms with Crippen molar-refractivity contribution in [3.63, 3.8) is 0 Å². The zero-order chi connectivity index (χ0) is 15.9. The van der Waals surface area contributed by atoms with Crippen molar-refractivity contribution in [2.45, 2.75) is 30.4 Å². The molecule has 1 fully saturated rings. The number of hydrogen-bond donors (Lipinski definition) is 0. The van der Waals surface area contributed by atoms with Gasteiger partial charge in [-0.1, -0.05) is 5.10 Å². The second kappa shape index (κ2) is 8.31. The Hall–Kier alpha value is -1.60. The fourth-order valence-electron chi connectivity index (χ4n) is 2.59. The summed E-state index contributed by atoms with van der Waals surface area (Å²) in [4.78, 5) is 7.33. The van der Waals surface area contributed by atoms with Crippen molar-refractivity contribution in [1.82, 2.24) is 15.2 Å². The van der Waals surface area contributed by atoms with Gasteiger partial charge in [0.15, 0.2) is 0 Å². The maximum atomic E-state index is 5.84. The Kier molecular flexibility index (Phi) is 5.87. The van der Waals surface area contributed by atoms with Crippen molar-refractivity contribution in [1.29, 1.82) is 0 Å². The lowest BCUT2D eigenvalue weighted by Gasteiger charge is -2.27. The van der Waals surface area contributed by atoms with Crippen LogP contribution in [-0.4, -0.2) is 41.5 Å². The first kappa shape index (κ1) is 16.3. The minimum absolute atomic E-state index is 0.629. The number of nitrogens with zero attached hydrogens (tertiary/aromatic N) is 4. The van der Waals surface area contributed by atoms with Gasteiger partial charge in [0.1, 0.15) is 0 Å². The first-order valence-corrected chi connectivity index (χ1v) is 9.01. The van der Waals surface area contributed by atoms with Gasteiger partial charge in [0.25, 0.3) is 0 Å². The van der Waals surface area contributed by atoms with Gasteiger partial charge in [0, 0.05) is 43.6 Å². The van der Waals surface area contributed by atoms with Crippen LogP contribution < -0.4 is 4.90 Å². The van der Waals surface area contributed by atoms with Crippen LogP contribution in [0.2, 0.25) is 0 Å². The third-order valence-corrected chi connectivity index (χ3v) is 4.94. The van der Waals surface area contributed by atoms with Crippen LogP contribution in [0.25, 0.3) is 0 Å². The van der Waals surface area contributed by atoms with Gasteiger partial charge in [-0.3, -0.25) is 4.98 Å². The summed E-state index contributed by atoms with van der Waals surface area (Å²) in [6, 6.07) is 4.58. The van der Waals surface area contributed by atoms with E-state index in [0.29, 0.717) is 23.6 Å². The number of pyridine rings is 1. The second-order valence-corrected chi connectivity index (χ2v) is 6.59. The van der Waals surface area contributed by atoms with Crippen molar-refractivity contribution in [3.05, 3.63) is 30.4 Å². The van der Waals surface area contributed by atoms with Gasteiger partial charge in [-0.25, -0.2) is 0 Å². The van der Waals surface area contributed by atoms with Crippen molar-refractivity contribution in [3.8, 4) is 0 Å². The quantitative estimate of drug-likeness (QED) is 0.721. The molecular weight excluding hydrogens is 312 g/mol. The smallest absolute Gasteiger partial charge is 0.318 e. The fraction of sp³-hybridized carbons (Fsp3) is 0.562. The molecule has 0 aliphatic carbocycles. The van der Waals surface area contributed by atoms with E-state index in [1.165, 1.54) is 0 Å². The molecule has 23 heavy (non-hydrogen) atoms. The standard InChI is InChI=1S/C16H22N4O2S/c1-2-20(11-13-5-9-21-10-6-13)16-19-18-15(22-16)12-23-14-3-7-17-8-4-14/h3-4,7-8,13H,2,5-6,9-12H2,1H3. The molecule has 0 aromatic carbocycles. The molecular formula is C16H22N4O2S. The highest BCUT2D eigenvalue weighted by molar-refractivity contribution is 7.98. The first-order chi connectivity index (χ1) is 11.3. The highest BCUT2D eigenvalue weighted by atomic mass is 32.2. The molecule has 0 bridgehead atoms. The molecule has 0 atom stereocenters. The molecule has 1 aliphatic heterocycles. The molecule has 1 aliphatic rings. The fourth-order valence-corrected chi connectivity index (χ4v) is 3.31. The van der Waals surface area contributed by atoms with Crippen LogP contribution in [0, 0.1) is 5.92 Å². The lowest BCUT2D eigenvalue weighted by atomic mass is 10.00. The molecule has 3 rings (SSSR count). The van der Waals surface area contributed by atoms with Gasteiger partial charge in [0.2, 0.25) is 5.89 Å². The van der Waals surface area contributed by atoms with E-state index in [-0.39, 0.29) is 0 Å². The number of thioether (sulfide) groups is 1. The molecule has 0 spiro atoms. The van der Waals surface area contributed by atoms with Crippen LogP contribution in [0.3, 0.4) is 0 Å². The Bertz CT molecular complexity index is 587. The largest absolute Gasteiger partial charge is 0.407 e. The van der Waals surface area contributed by atoms with Crippen molar-refractivity contribution < 1.29 is 9.15 Å². The van der Waals surface area contributed by atoms with Crippen LogP contribution >= 0.6 is 11.8 Å². The topological polar surface area (TPSA) is 64.3 Å². The van der Waals surface area contributed by atoms with E-state index in [4.69, 9.17) is 9.15 Å². The highest BCUT2D eigenvalue weighted by Crippen LogP contribution is 2.24. The molecule has 2 aromatic heterocycles. The summed E-state index contributed by atoms with van der Waals surface area (Å²) < 4.78 is 11.3. The lowest BCUT2D eigenvalue weighted by Crippen LogP contribution is -2.32. The normalized spacial score (nSPS) is 15.7. The highest BCUT2D eigenvalue weighted by Gasteiger charge is 2.20. The molecule has 0 N–H and O–H groups in total. The predicted octanol–water partition coefficient (Wildman–Crippen LogP) is 3.01. The Morgan fingerprint density at radius 2 is 2.00 bits per heavy atom. The van der Waals surface area contributed by atoms with E-state index in [2.05, 4.69) is 27.0 Å². The molecule has 7 heteroatoms. The number of aromatic nitrogens is 3. The summed E-state index contributed by atoms with van der Waals surface area (Å²) in [6.07, 6.45) is 5.79. The van der Waals surface area contributed by atoms with Crippen molar-refractivity contribution in [2.75, 3.05) is 31.2 Å². The van der Waals surface area contributed by atoms with E-state index in [9.17, 15) is 0 Å². The summed E-state index contributed by atoms with van der Waals surface area (Å²) in [6.45, 7) is 5.67. The molecule has 0 unspecified atom stereocenters. The van der Waals surface area contributed by atoms with Gasteiger partial charge < -0.3 is 14.1 Å². The van der Waals surface area contributed by atoms with Crippen molar-refractivity contribution >= 4 is 17.8 Å². The van der Waals surface area contributed by atoms with Crippen LogP contribution in [0.4, 0.5) is 6.01 Å². The molecule has 3 heterocycles. The van der Waals surface area contributed by atoms with Gasteiger partial charge in [0.05, 0.1) is 5.75 Å². The second-order valence-electron chi connectivity index (χ2n) is 5.54. The van der Waals surface area contributed by atoms with E-state index in [0.717, 1.165) is 44.0 Å². The number of ether oxygens (including phenoxy) is 1. The Morgan fingerprint density at radius 3 is 2.74 bits per heavy atom. The number of anilines is 1. The third kappa shape index (κ3) is 4.68. The third-order valence-electron chi connectivity index (χ3n) is 3.94. The Labute approximate surface area is 140 Å². The summed E-state index contributed by atoms with van der Waals surface area (Å²) in [7, 11) is 0. The minimum Gasteiger partial charge on any atom is -0.407 e. The van der Waals surface area contributed by atoms with E-state index in [1.54, 1.807) is 24.2 Å². The first-order valence-electron chi connectivity index (χ1n) is 8.03. The van der Waals surface area contributed by atoms with Gasteiger partial charge in [-0.05, 0) is 37.8 Å². The molecule has 0 saturated carbocycles. The average Bonchev–Trinajstić information content (AvgIpc) is 3.08. The van der Waals surface area contributed by atoms with Crippen LogP contribution in [0.5, 0.6) is 0 Å². The molecule has 2 aromatic rings. The van der Waals surface area contributed by atoms with Crippen LogP contribution in [-0.2, 0) is 10.5 Å². The average molecular weight is 334 g/mol. The maximum Gasteiger partial charge on any atom is 0.318 e. The molecule has 0 radical (unpaired) electrons. The van der Waals surface area contributed by atoms with Crippen LogP contribution in [0.1, 0.15) is 25.7 Å². The summed E-state index contributed by atoms with van der Waals surface area (Å²) in [5.41, 5.74) is 0. The Morgan fingerprint density at radius 1 is 1.22 bits per heavy atom. The maximum absolute atomic E-state index is 5.84. The van der Waals surface area contributed by atoms with E-state index >= 15 is 0 Å². The zero-order valence-corrected chi connectivity index (χ0v) is 14.2. The van der Waals surface area contributed by atoms with Crippen molar-refractivity contribution in [2.24, 2.45) is 5.92 Å². The molecule has 6 nitrogen and oxygen atoms in total. The monoisotopic (exact) mass is 334 g/mol. The van der Waals surface area contributed by atoms with Gasteiger partial charge in [-0.15, -0.1) is 16.9 Å². The SMILES string of the molecule is CCN(CC1CCOCC1)c1nnc(CSc2ccncc2)o1. The summed E-state index contributed by atoms with van der Waals surface area (Å²) in [5.74, 6) is 1.98. The van der Waals surface area contributed by atoms with Gasteiger partial charge in [-0.2, -0.15) is 0 Å². The Balaban J connectivity index is 1.55. The zero-order valence-electron chi connectivity index (χ0n) is 13.4. The number of rotatable bonds is 7. The van der Waals surface area contributed by atoms with E-state index < -0.39 is 0 Å². The van der Waals surface area contributed by atoms with E-state index in [1.807, 2.05) is 12.1 Å². The van der Waals surface area contributed by atoms with Gasteiger partial charge >= 0.3 is 6.01 Å². The summed E-state index contributed by atoms with van der Waals surface area (Å²) >= 11 is 1.67. The molecule has 1 saturated heterocycles. The summed E-state index contributed by atoms with van der Waals surface area (Å²) in [5, 5.41) is 8.39.